The Morgan fingerprint density at radius 1 is 1.33 bits per heavy atom. The zero-order valence-electron chi connectivity index (χ0n) is 17.9. The van der Waals surface area contributed by atoms with Crippen molar-refractivity contribution in [3.63, 3.8) is 0 Å². The fourth-order valence-corrected chi connectivity index (χ4v) is 4.63. The van der Waals surface area contributed by atoms with Crippen LogP contribution in [0.2, 0.25) is 0 Å². The minimum absolute atomic E-state index is 0.126. The van der Waals surface area contributed by atoms with Crippen LogP contribution in [0.5, 0.6) is 5.75 Å². The molecule has 2 unspecified atom stereocenters. The van der Waals surface area contributed by atoms with Crippen molar-refractivity contribution in [1.29, 1.82) is 5.26 Å². The van der Waals surface area contributed by atoms with Gasteiger partial charge in [-0.25, -0.2) is 4.79 Å². The molecule has 1 aromatic heterocycles. The van der Waals surface area contributed by atoms with Crippen LogP contribution in [0.15, 0.2) is 21.7 Å². The summed E-state index contributed by atoms with van der Waals surface area (Å²) in [6, 6.07) is 6.44. The van der Waals surface area contributed by atoms with Crippen molar-refractivity contribution >= 4 is 16.6 Å². The van der Waals surface area contributed by atoms with Gasteiger partial charge in [0.25, 0.3) is 5.56 Å². The molecule has 2 atom stereocenters. The summed E-state index contributed by atoms with van der Waals surface area (Å²) in [5.74, 6) is 1.08. The monoisotopic (exact) mass is 411 g/mol. The first kappa shape index (κ1) is 20.5. The van der Waals surface area contributed by atoms with Crippen molar-refractivity contribution < 1.29 is 4.74 Å². The minimum Gasteiger partial charge on any atom is -0.492 e. The molecule has 0 amide bonds. The topological polar surface area (TPSA) is 94.4 Å². The van der Waals surface area contributed by atoms with Gasteiger partial charge >= 0.3 is 5.69 Å². The van der Waals surface area contributed by atoms with E-state index in [1.807, 2.05) is 6.07 Å². The number of nitrogens with one attached hydrogen (secondary N) is 1. The van der Waals surface area contributed by atoms with E-state index in [0.29, 0.717) is 35.0 Å². The Labute approximate surface area is 175 Å². The van der Waals surface area contributed by atoms with Gasteiger partial charge in [0.2, 0.25) is 0 Å². The number of H-pyrrole nitrogens is 1. The van der Waals surface area contributed by atoms with Crippen molar-refractivity contribution in [3.8, 4) is 11.8 Å². The average Bonchev–Trinajstić information content (AvgIpc) is 3.45. The van der Waals surface area contributed by atoms with Crippen LogP contribution in [-0.2, 0) is 0 Å². The number of hydrogen-bond acceptors (Lipinski definition) is 6. The quantitative estimate of drug-likeness (QED) is 0.750. The zero-order valence-corrected chi connectivity index (χ0v) is 17.9. The fraction of sp³-hybridized carbons (Fsp3) is 0.591. The van der Waals surface area contributed by atoms with Crippen LogP contribution >= 0.6 is 0 Å². The molecule has 0 spiro atoms. The molecular weight excluding hydrogens is 382 g/mol. The highest BCUT2D eigenvalue weighted by atomic mass is 16.5. The molecule has 160 valence electrons. The number of aromatic nitrogens is 2. The van der Waals surface area contributed by atoms with Crippen LogP contribution in [0.3, 0.4) is 0 Å². The Bertz CT molecular complexity index is 1090. The Morgan fingerprint density at radius 2 is 2.10 bits per heavy atom. The van der Waals surface area contributed by atoms with Gasteiger partial charge in [-0.05, 0) is 51.3 Å². The van der Waals surface area contributed by atoms with Gasteiger partial charge in [-0.1, -0.05) is 0 Å². The van der Waals surface area contributed by atoms with Gasteiger partial charge in [0.15, 0.2) is 5.75 Å². The number of aromatic amines is 1. The molecule has 1 aliphatic carbocycles. The molecule has 0 radical (unpaired) electrons. The number of fused-ring (bicyclic) bond motifs is 1. The van der Waals surface area contributed by atoms with E-state index >= 15 is 0 Å². The minimum atomic E-state index is -0.371. The van der Waals surface area contributed by atoms with E-state index < -0.39 is 0 Å². The molecule has 8 heteroatoms. The second kappa shape index (κ2) is 8.15. The number of hydrogen-bond donors (Lipinski definition) is 1. The third-order valence-corrected chi connectivity index (χ3v) is 6.67. The first-order chi connectivity index (χ1) is 14.5. The lowest BCUT2D eigenvalue weighted by Gasteiger charge is -2.29. The SMILES string of the molecule is COc1c(N2CCC(C(C)N(C)CCC#N)C2)ccc2c(=O)[nH]c(=O)n(C3CC3)c12. The summed E-state index contributed by atoms with van der Waals surface area (Å²) in [6.45, 7) is 4.74. The van der Waals surface area contributed by atoms with E-state index in [2.05, 4.69) is 34.8 Å². The predicted molar refractivity (Wildman–Crippen MR) is 116 cm³/mol. The molecule has 8 nitrogen and oxygen atoms in total. The summed E-state index contributed by atoms with van der Waals surface area (Å²) in [4.78, 5) is 32.0. The smallest absolute Gasteiger partial charge is 0.329 e. The maximum absolute atomic E-state index is 12.5. The summed E-state index contributed by atoms with van der Waals surface area (Å²) < 4.78 is 7.49. The molecule has 1 N–H and O–H groups in total. The maximum Gasteiger partial charge on any atom is 0.329 e. The normalized spacial score (nSPS) is 20.0. The first-order valence-corrected chi connectivity index (χ1v) is 10.6. The second-order valence-corrected chi connectivity index (χ2v) is 8.50. The molecule has 1 saturated heterocycles. The van der Waals surface area contributed by atoms with Crippen LogP contribution < -0.4 is 20.9 Å². The summed E-state index contributed by atoms with van der Waals surface area (Å²) in [6.07, 6.45) is 3.45. The molecule has 2 heterocycles. The summed E-state index contributed by atoms with van der Waals surface area (Å²) in [5.41, 5.74) is 0.800. The molecule has 30 heavy (non-hydrogen) atoms. The van der Waals surface area contributed by atoms with Crippen molar-refractivity contribution in [2.75, 3.05) is 38.7 Å². The van der Waals surface area contributed by atoms with Crippen LogP contribution in [0, 0.1) is 17.2 Å². The number of benzene rings is 1. The third kappa shape index (κ3) is 3.58. The van der Waals surface area contributed by atoms with Gasteiger partial charge in [0.1, 0.15) is 5.52 Å². The standard InChI is InChI=1S/C22H29N5O3/c1-14(25(2)11-4-10-23)15-9-12-26(13-15)18-8-7-17-19(20(18)30-3)27(16-5-6-16)22(29)24-21(17)28/h7-8,14-16H,4-6,9,11-13H2,1-3H3,(H,24,28,29). The van der Waals surface area contributed by atoms with E-state index in [4.69, 9.17) is 10.00 Å². The van der Waals surface area contributed by atoms with Crippen LogP contribution in [0.4, 0.5) is 5.69 Å². The molecule has 4 rings (SSSR count). The van der Waals surface area contributed by atoms with Gasteiger partial charge in [-0.15, -0.1) is 0 Å². The van der Waals surface area contributed by atoms with Gasteiger partial charge < -0.3 is 14.5 Å². The lowest BCUT2D eigenvalue weighted by atomic mass is 9.99. The molecule has 1 saturated carbocycles. The molecule has 1 aromatic carbocycles. The molecule has 0 bridgehead atoms. The predicted octanol–water partition coefficient (Wildman–Crippen LogP) is 2.09. The van der Waals surface area contributed by atoms with Crippen LogP contribution in [-0.4, -0.2) is 54.3 Å². The van der Waals surface area contributed by atoms with Gasteiger partial charge in [-0.3, -0.25) is 14.3 Å². The highest BCUT2D eigenvalue weighted by Crippen LogP contribution is 2.42. The van der Waals surface area contributed by atoms with Crippen molar-refractivity contribution in [2.45, 2.75) is 44.7 Å². The van der Waals surface area contributed by atoms with Crippen molar-refractivity contribution in [1.82, 2.24) is 14.5 Å². The maximum atomic E-state index is 12.5. The number of ether oxygens (including phenoxy) is 1. The molecule has 2 aliphatic rings. The van der Waals surface area contributed by atoms with Crippen molar-refractivity contribution in [2.24, 2.45) is 5.92 Å². The Balaban J connectivity index is 1.69. The zero-order chi connectivity index (χ0) is 21.4. The first-order valence-electron chi connectivity index (χ1n) is 10.6. The summed E-state index contributed by atoms with van der Waals surface area (Å²) in [7, 11) is 3.68. The van der Waals surface area contributed by atoms with E-state index in [1.54, 1.807) is 17.7 Å². The van der Waals surface area contributed by atoms with E-state index in [1.165, 1.54) is 0 Å². The second-order valence-electron chi connectivity index (χ2n) is 8.50. The van der Waals surface area contributed by atoms with Crippen LogP contribution in [0.25, 0.3) is 10.9 Å². The number of methoxy groups -OCH3 is 1. The number of rotatable bonds is 7. The lowest BCUT2D eigenvalue weighted by Crippen LogP contribution is -2.37. The van der Waals surface area contributed by atoms with E-state index in [-0.39, 0.29) is 17.3 Å². The number of nitrogens with zero attached hydrogens (tertiary/aromatic N) is 4. The highest BCUT2D eigenvalue weighted by Gasteiger charge is 2.33. The number of nitriles is 1. The van der Waals surface area contributed by atoms with Gasteiger partial charge in [-0.2, -0.15) is 5.26 Å². The van der Waals surface area contributed by atoms with Crippen molar-refractivity contribution in [3.05, 3.63) is 33.0 Å². The molecule has 1 aliphatic heterocycles. The van der Waals surface area contributed by atoms with E-state index in [9.17, 15) is 9.59 Å². The van der Waals surface area contributed by atoms with Crippen LogP contribution in [0.1, 0.15) is 38.6 Å². The Morgan fingerprint density at radius 3 is 2.77 bits per heavy atom. The third-order valence-electron chi connectivity index (χ3n) is 6.67. The summed E-state index contributed by atoms with van der Waals surface area (Å²) in [5, 5.41) is 9.34. The molecular formula is C22H29N5O3. The Hall–Kier alpha value is -2.79. The van der Waals surface area contributed by atoms with Gasteiger partial charge in [0, 0.05) is 38.1 Å². The highest BCUT2D eigenvalue weighted by molar-refractivity contribution is 5.90. The largest absolute Gasteiger partial charge is 0.492 e. The fourth-order valence-electron chi connectivity index (χ4n) is 4.63. The summed E-state index contributed by atoms with van der Waals surface area (Å²) >= 11 is 0. The van der Waals surface area contributed by atoms with Gasteiger partial charge in [0.05, 0.1) is 24.3 Å². The Kier molecular flexibility index (Phi) is 5.56. The average molecular weight is 412 g/mol. The van der Waals surface area contributed by atoms with E-state index in [0.717, 1.165) is 44.6 Å². The lowest BCUT2D eigenvalue weighted by molar-refractivity contribution is 0.203. The molecule has 2 aromatic rings. The number of anilines is 1. The molecule has 2 fully saturated rings.